The van der Waals surface area contributed by atoms with Crippen LogP contribution in [0, 0.1) is 10.1 Å². The third-order valence-corrected chi connectivity index (χ3v) is 5.72. The van der Waals surface area contributed by atoms with E-state index in [1.54, 1.807) is 12.1 Å². The molecular formula is C17H11N3O3S2. The zero-order valence-electron chi connectivity index (χ0n) is 12.8. The second-order valence-electron chi connectivity index (χ2n) is 5.38. The predicted molar refractivity (Wildman–Crippen MR) is 99.0 cm³/mol. The van der Waals surface area contributed by atoms with Gasteiger partial charge in [-0.15, -0.1) is 11.3 Å². The second kappa shape index (κ2) is 6.23. The molecule has 0 radical (unpaired) electrons. The highest BCUT2D eigenvalue weighted by Gasteiger charge is 2.23. The molecule has 2 heterocycles. The molecule has 0 aliphatic heterocycles. The molecule has 1 aromatic carbocycles. The molecule has 1 aliphatic carbocycles. The molecule has 2 aromatic heterocycles. The largest absolute Gasteiger partial charge is 0.324 e. The number of hydrogen-bond donors (Lipinski definition) is 1. The molecule has 0 spiro atoms. The Bertz CT molecular complexity index is 1020. The summed E-state index contributed by atoms with van der Waals surface area (Å²) in [5.74, 6) is -0.309. The summed E-state index contributed by atoms with van der Waals surface area (Å²) in [7, 11) is 0. The van der Waals surface area contributed by atoms with Crippen LogP contribution in [0.25, 0.3) is 17.3 Å². The van der Waals surface area contributed by atoms with Gasteiger partial charge in [0.25, 0.3) is 0 Å². The highest BCUT2D eigenvalue weighted by molar-refractivity contribution is 7.16. The SMILES string of the molecule is O=C(C=Cc1ccc([N+](=O)[O-])s1)Nc1nc2c(s1)Cc1ccccc1-2. The smallest absolute Gasteiger partial charge is 0.298 e. The molecule has 4 rings (SSSR count). The van der Waals surface area contributed by atoms with Gasteiger partial charge in [0.15, 0.2) is 5.13 Å². The lowest BCUT2D eigenvalue weighted by Crippen LogP contribution is -2.07. The summed E-state index contributed by atoms with van der Waals surface area (Å²) >= 11 is 2.49. The lowest BCUT2D eigenvalue weighted by atomic mass is 10.1. The van der Waals surface area contributed by atoms with E-state index in [2.05, 4.69) is 16.4 Å². The van der Waals surface area contributed by atoms with E-state index < -0.39 is 4.92 Å². The lowest BCUT2D eigenvalue weighted by molar-refractivity contribution is -0.380. The molecular weight excluding hydrogens is 358 g/mol. The molecule has 0 saturated heterocycles. The van der Waals surface area contributed by atoms with Crippen LogP contribution >= 0.6 is 22.7 Å². The van der Waals surface area contributed by atoms with Crippen molar-refractivity contribution in [2.24, 2.45) is 0 Å². The van der Waals surface area contributed by atoms with E-state index in [9.17, 15) is 14.9 Å². The van der Waals surface area contributed by atoms with Crippen molar-refractivity contribution in [3.8, 4) is 11.3 Å². The maximum Gasteiger partial charge on any atom is 0.324 e. The van der Waals surface area contributed by atoms with Gasteiger partial charge in [0.2, 0.25) is 5.91 Å². The summed E-state index contributed by atoms with van der Waals surface area (Å²) in [5, 5.41) is 14.0. The minimum atomic E-state index is -0.447. The molecule has 0 fully saturated rings. The number of aromatic nitrogens is 1. The maximum atomic E-state index is 12.0. The summed E-state index contributed by atoms with van der Waals surface area (Å²) in [6, 6.07) is 11.2. The molecule has 8 heteroatoms. The number of rotatable bonds is 4. The van der Waals surface area contributed by atoms with Gasteiger partial charge in [-0.05, 0) is 17.7 Å². The third kappa shape index (κ3) is 3.09. The molecule has 124 valence electrons. The second-order valence-corrected chi connectivity index (χ2v) is 7.56. The van der Waals surface area contributed by atoms with E-state index in [0.29, 0.717) is 10.0 Å². The standard InChI is InChI=1S/C17H11N3O3S2/c21-14(7-5-11-6-8-15(24-11)20(22)23)18-17-19-16-12-4-2-1-3-10(12)9-13(16)25-17/h1-8H,9H2,(H,18,19,21). The number of carbonyl (C=O) groups excluding carboxylic acids is 1. The van der Waals surface area contributed by atoms with Gasteiger partial charge in [0.1, 0.15) is 0 Å². The fourth-order valence-corrected chi connectivity index (χ4v) is 4.37. The fourth-order valence-electron chi connectivity index (χ4n) is 2.65. The van der Waals surface area contributed by atoms with Crippen molar-refractivity contribution >= 4 is 44.8 Å². The minimum Gasteiger partial charge on any atom is -0.298 e. The number of benzene rings is 1. The van der Waals surface area contributed by atoms with Crippen molar-refractivity contribution in [1.29, 1.82) is 0 Å². The summed E-state index contributed by atoms with van der Waals surface area (Å²) in [4.78, 5) is 28.6. The zero-order chi connectivity index (χ0) is 17.4. The number of thiazole rings is 1. The number of carbonyl (C=O) groups is 1. The van der Waals surface area contributed by atoms with Gasteiger partial charge < -0.3 is 0 Å². The number of anilines is 1. The van der Waals surface area contributed by atoms with Crippen molar-refractivity contribution in [1.82, 2.24) is 4.98 Å². The monoisotopic (exact) mass is 369 g/mol. The Labute approximate surface area is 150 Å². The van der Waals surface area contributed by atoms with Gasteiger partial charge in [0, 0.05) is 33.9 Å². The number of nitro groups is 1. The van der Waals surface area contributed by atoms with Gasteiger partial charge in [-0.3, -0.25) is 20.2 Å². The Hall–Kier alpha value is -2.84. The Morgan fingerprint density at radius 2 is 2.08 bits per heavy atom. The average molecular weight is 369 g/mol. The topological polar surface area (TPSA) is 85.1 Å². The van der Waals surface area contributed by atoms with Gasteiger partial charge in [-0.2, -0.15) is 0 Å². The van der Waals surface area contributed by atoms with E-state index in [0.717, 1.165) is 33.9 Å². The van der Waals surface area contributed by atoms with Crippen LogP contribution in [-0.4, -0.2) is 15.8 Å². The van der Waals surface area contributed by atoms with E-state index in [4.69, 9.17) is 0 Å². The van der Waals surface area contributed by atoms with Gasteiger partial charge >= 0.3 is 5.00 Å². The summed E-state index contributed by atoms with van der Waals surface area (Å²) in [6.45, 7) is 0. The Balaban J connectivity index is 1.46. The maximum absolute atomic E-state index is 12.0. The first-order valence-corrected chi connectivity index (χ1v) is 9.05. The minimum absolute atomic E-state index is 0.0510. The van der Waals surface area contributed by atoms with Crippen LogP contribution in [0.5, 0.6) is 0 Å². The number of thiophene rings is 1. The molecule has 0 atom stereocenters. The van der Waals surface area contributed by atoms with Crippen molar-refractivity contribution in [3.63, 3.8) is 0 Å². The van der Waals surface area contributed by atoms with Crippen LogP contribution in [0.15, 0.2) is 42.5 Å². The molecule has 0 saturated carbocycles. The van der Waals surface area contributed by atoms with Gasteiger partial charge in [-0.25, -0.2) is 4.98 Å². The van der Waals surface area contributed by atoms with Crippen LogP contribution in [0.3, 0.4) is 0 Å². The molecule has 1 aliphatic rings. The normalized spacial score (nSPS) is 12.2. The molecule has 0 unspecified atom stereocenters. The Morgan fingerprint density at radius 3 is 2.88 bits per heavy atom. The molecule has 6 nitrogen and oxygen atoms in total. The molecule has 25 heavy (non-hydrogen) atoms. The number of nitrogens with zero attached hydrogens (tertiary/aromatic N) is 2. The Morgan fingerprint density at radius 1 is 1.24 bits per heavy atom. The third-order valence-electron chi connectivity index (χ3n) is 3.74. The first-order valence-electron chi connectivity index (χ1n) is 7.41. The zero-order valence-corrected chi connectivity index (χ0v) is 14.4. The van der Waals surface area contributed by atoms with Crippen molar-refractivity contribution in [2.45, 2.75) is 6.42 Å². The fraction of sp³-hybridized carbons (Fsp3) is 0.0588. The summed E-state index contributed by atoms with van der Waals surface area (Å²) < 4.78 is 0. The van der Waals surface area contributed by atoms with Crippen LogP contribution < -0.4 is 5.32 Å². The van der Waals surface area contributed by atoms with Gasteiger partial charge in [0.05, 0.1) is 10.6 Å². The molecule has 1 N–H and O–H groups in total. The number of nitrogens with one attached hydrogen (secondary N) is 1. The van der Waals surface area contributed by atoms with Crippen molar-refractivity contribution < 1.29 is 9.72 Å². The predicted octanol–water partition coefficient (Wildman–Crippen LogP) is 4.34. The van der Waals surface area contributed by atoms with Crippen LogP contribution in [0.2, 0.25) is 0 Å². The molecule has 1 amide bonds. The van der Waals surface area contributed by atoms with E-state index in [1.165, 1.54) is 29.0 Å². The highest BCUT2D eigenvalue weighted by atomic mass is 32.1. The van der Waals surface area contributed by atoms with Crippen LogP contribution in [0.1, 0.15) is 15.3 Å². The lowest BCUT2D eigenvalue weighted by Gasteiger charge is -1.99. The molecule has 0 bridgehead atoms. The molecule has 3 aromatic rings. The Kier molecular flexibility index (Phi) is 3.90. The van der Waals surface area contributed by atoms with Crippen LogP contribution in [0.4, 0.5) is 10.1 Å². The van der Waals surface area contributed by atoms with Crippen molar-refractivity contribution in [3.05, 3.63) is 67.9 Å². The summed E-state index contributed by atoms with van der Waals surface area (Å²) in [5.41, 5.74) is 3.32. The first-order chi connectivity index (χ1) is 12.1. The quantitative estimate of drug-likeness (QED) is 0.329. The average Bonchev–Trinajstić information content (AvgIpc) is 3.27. The number of amides is 1. The van der Waals surface area contributed by atoms with Crippen LogP contribution in [-0.2, 0) is 11.2 Å². The van der Waals surface area contributed by atoms with Crippen molar-refractivity contribution in [2.75, 3.05) is 5.32 Å². The number of hydrogen-bond acceptors (Lipinski definition) is 6. The van der Waals surface area contributed by atoms with E-state index in [-0.39, 0.29) is 10.9 Å². The number of fused-ring (bicyclic) bond motifs is 3. The summed E-state index contributed by atoms with van der Waals surface area (Å²) in [6.07, 6.45) is 3.76. The van der Waals surface area contributed by atoms with E-state index in [1.807, 2.05) is 18.2 Å². The first kappa shape index (κ1) is 15.7. The van der Waals surface area contributed by atoms with Gasteiger partial charge in [-0.1, -0.05) is 35.6 Å². The highest BCUT2D eigenvalue weighted by Crippen LogP contribution is 2.40. The van der Waals surface area contributed by atoms with E-state index >= 15 is 0 Å².